The lowest BCUT2D eigenvalue weighted by atomic mass is 10.1. The molecule has 134 valence electrons. The Balaban J connectivity index is 1.83. The predicted molar refractivity (Wildman–Crippen MR) is 106 cm³/mol. The van der Waals surface area contributed by atoms with E-state index >= 15 is 0 Å². The third-order valence-corrected chi connectivity index (χ3v) is 5.02. The minimum atomic E-state index is -0.935. The molecule has 0 aliphatic heterocycles. The van der Waals surface area contributed by atoms with E-state index < -0.39 is 5.97 Å². The molecule has 5 heteroatoms. The summed E-state index contributed by atoms with van der Waals surface area (Å²) in [6.07, 6.45) is 0. The number of benzene rings is 3. The first-order chi connectivity index (χ1) is 13.2. The van der Waals surface area contributed by atoms with Crippen LogP contribution in [-0.2, 0) is 13.1 Å². The van der Waals surface area contributed by atoms with Crippen LogP contribution in [0.1, 0.15) is 27.0 Å². The van der Waals surface area contributed by atoms with E-state index in [1.54, 1.807) is 24.1 Å². The van der Waals surface area contributed by atoms with Crippen LogP contribution in [0.15, 0.2) is 83.8 Å². The zero-order valence-corrected chi connectivity index (χ0v) is 15.4. The zero-order chi connectivity index (χ0) is 19.1. The summed E-state index contributed by atoms with van der Waals surface area (Å²) in [5.41, 5.74) is 3.06. The summed E-state index contributed by atoms with van der Waals surface area (Å²) < 4.78 is 2.17. The highest BCUT2D eigenvalue weighted by atomic mass is 32.2. The lowest BCUT2D eigenvalue weighted by molar-refractivity contribution is 0.0697. The zero-order valence-electron chi connectivity index (χ0n) is 14.6. The molecule has 1 N–H and O–H groups in total. The molecule has 4 nitrogen and oxygen atoms in total. The molecule has 0 aliphatic carbocycles. The van der Waals surface area contributed by atoms with Gasteiger partial charge < -0.3 is 5.11 Å². The van der Waals surface area contributed by atoms with Gasteiger partial charge in [-0.1, -0.05) is 48.5 Å². The number of rotatable bonds is 7. The molecule has 0 atom stereocenters. The van der Waals surface area contributed by atoms with Crippen LogP contribution in [0.5, 0.6) is 0 Å². The van der Waals surface area contributed by atoms with Crippen molar-refractivity contribution < 1.29 is 9.90 Å². The van der Waals surface area contributed by atoms with Crippen LogP contribution in [0, 0.1) is 11.3 Å². The molecule has 0 aliphatic rings. The topological polar surface area (TPSA) is 64.3 Å². The SMILES string of the molecule is N#Cc1ccccc1CN(Cc1ccccc1)Sc1ccc(C(=O)O)cc1. The first-order valence-corrected chi connectivity index (χ1v) is 9.21. The maximum Gasteiger partial charge on any atom is 0.335 e. The van der Waals surface area contributed by atoms with Gasteiger partial charge in [0.05, 0.1) is 17.2 Å². The van der Waals surface area contributed by atoms with Gasteiger partial charge in [0.1, 0.15) is 0 Å². The number of carbonyl (C=O) groups is 1. The van der Waals surface area contributed by atoms with Crippen molar-refractivity contribution >= 4 is 17.9 Å². The molecule has 0 aromatic heterocycles. The normalized spacial score (nSPS) is 10.5. The second-order valence-electron chi connectivity index (χ2n) is 5.97. The molecule has 3 rings (SSSR count). The average molecular weight is 374 g/mol. The number of hydrogen-bond acceptors (Lipinski definition) is 4. The molecule has 0 fully saturated rings. The van der Waals surface area contributed by atoms with Gasteiger partial charge in [-0.15, -0.1) is 0 Å². The van der Waals surface area contributed by atoms with Crippen LogP contribution < -0.4 is 0 Å². The number of nitriles is 1. The summed E-state index contributed by atoms with van der Waals surface area (Å²) in [5, 5.41) is 18.4. The summed E-state index contributed by atoms with van der Waals surface area (Å²) in [6.45, 7) is 1.30. The quantitative estimate of drug-likeness (QED) is 0.592. The summed E-state index contributed by atoms with van der Waals surface area (Å²) in [4.78, 5) is 12.0. The Labute approximate surface area is 162 Å². The van der Waals surface area contributed by atoms with Gasteiger partial charge in [-0.05, 0) is 53.4 Å². The third kappa shape index (κ3) is 5.20. The Bertz CT molecular complexity index is 950. The Morgan fingerprint density at radius 3 is 2.26 bits per heavy atom. The van der Waals surface area contributed by atoms with Gasteiger partial charge in [0.25, 0.3) is 0 Å². The summed E-state index contributed by atoms with van der Waals surface area (Å²) in [7, 11) is 0. The predicted octanol–water partition coefficient (Wildman–Crippen LogP) is 4.97. The molecule has 27 heavy (non-hydrogen) atoms. The smallest absolute Gasteiger partial charge is 0.335 e. The van der Waals surface area contributed by atoms with Crippen LogP contribution in [0.25, 0.3) is 0 Å². The van der Waals surface area contributed by atoms with Crippen LogP contribution in [-0.4, -0.2) is 15.4 Å². The average Bonchev–Trinajstić information content (AvgIpc) is 2.69. The maximum atomic E-state index is 11.0. The van der Waals surface area contributed by atoms with Gasteiger partial charge in [0.15, 0.2) is 0 Å². The molecule has 0 bridgehead atoms. The van der Waals surface area contributed by atoms with Crippen LogP contribution in [0.2, 0.25) is 0 Å². The highest BCUT2D eigenvalue weighted by Gasteiger charge is 2.12. The highest BCUT2D eigenvalue weighted by Crippen LogP contribution is 2.28. The second-order valence-corrected chi connectivity index (χ2v) is 7.14. The molecule has 0 saturated carbocycles. The van der Waals surface area contributed by atoms with E-state index in [0.717, 1.165) is 10.5 Å². The fourth-order valence-corrected chi connectivity index (χ4v) is 3.65. The van der Waals surface area contributed by atoms with Gasteiger partial charge in [-0.25, -0.2) is 9.10 Å². The largest absolute Gasteiger partial charge is 0.478 e. The van der Waals surface area contributed by atoms with Crippen LogP contribution in [0.4, 0.5) is 0 Å². The molecule has 0 amide bonds. The van der Waals surface area contributed by atoms with Crippen molar-refractivity contribution in [2.45, 2.75) is 18.0 Å². The molecule has 0 saturated heterocycles. The van der Waals surface area contributed by atoms with Crippen molar-refractivity contribution in [2.75, 3.05) is 0 Å². The Morgan fingerprint density at radius 2 is 1.59 bits per heavy atom. The van der Waals surface area contributed by atoms with Crippen molar-refractivity contribution in [3.8, 4) is 6.07 Å². The molecule has 0 radical (unpaired) electrons. The molecule has 3 aromatic rings. The second kappa shape index (κ2) is 9.04. The Morgan fingerprint density at radius 1 is 0.926 bits per heavy atom. The van der Waals surface area contributed by atoms with E-state index in [-0.39, 0.29) is 5.56 Å². The summed E-state index contributed by atoms with van der Waals surface area (Å²) >= 11 is 1.55. The fraction of sp³-hybridized carbons (Fsp3) is 0.0909. The molecule has 3 aromatic carbocycles. The van der Waals surface area contributed by atoms with Crippen molar-refractivity contribution in [3.63, 3.8) is 0 Å². The lowest BCUT2D eigenvalue weighted by Crippen LogP contribution is -2.15. The maximum absolute atomic E-state index is 11.0. The van der Waals surface area contributed by atoms with E-state index in [1.165, 1.54) is 5.56 Å². The van der Waals surface area contributed by atoms with E-state index in [1.807, 2.05) is 54.6 Å². The number of carboxylic acid groups (broad SMARTS) is 1. The van der Waals surface area contributed by atoms with E-state index in [4.69, 9.17) is 5.11 Å². The summed E-state index contributed by atoms with van der Waals surface area (Å²) in [5.74, 6) is -0.935. The third-order valence-electron chi connectivity index (χ3n) is 4.02. The standard InChI is InChI=1S/C22H18N2O2S/c23-14-19-8-4-5-9-20(19)16-24(15-17-6-2-1-3-7-17)27-21-12-10-18(11-13-21)22(25)26/h1-13H,15-16H2,(H,25,26). The molecule has 0 spiro atoms. The molecular formula is C22H18N2O2S. The van der Waals surface area contributed by atoms with E-state index in [2.05, 4.69) is 22.5 Å². The van der Waals surface area contributed by atoms with Gasteiger partial charge >= 0.3 is 5.97 Å². The first kappa shape index (κ1) is 18.7. The number of carboxylic acids is 1. The summed E-state index contributed by atoms with van der Waals surface area (Å²) in [6, 6.07) is 26.8. The van der Waals surface area contributed by atoms with Crippen molar-refractivity contribution in [1.82, 2.24) is 4.31 Å². The minimum absolute atomic E-state index is 0.267. The van der Waals surface area contributed by atoms with Crippen molar-refractivity contribution in [3.05, 3.63) is 101 Å². The van der Waals surface area contributed by atoms with Gasteiger partial charge in [0.2, 0.25) is 0 Å². The lowest BCUT2D eigenvalue weighted by Gasteiger charge is -2.22. The molecule has 0 unspecified atom stereocenters. The fourth-order valence-electron chi connectivity index (χ4n) is 2.67. The van der Waals surface area contributed by atoms with Gasteiger partial charge in [0, 0.05) is 18.0 Å². The number of hydrogen-bond donors (Lipinski definition) is 1. The van der Waals surface area contributed by atoms with E-state index in [9.17, 15) is 10.1 Å². The highest BCUT2D eigenvalue weighted by molar-refractivity contribution is 7.97. The monoisotopic (exact) mass is 374 g/mol. The molecular weight excluding hydrogens is 356 g/mol. The minimum Gasteiger partial charge on any atom is -0.478 e. The first-order valence-electron chi connectivity index (χ1n) is 8.44. The number of nitrogens with zero attached hydrogens (tertiary/aromatic N) is 2. The Hall–Kier alpha value is -3.07. The van der Waals surface area contributed by atoms with Gasteiger partial charge in [-0.3, -0.25) is 0 Å². The Kier molecular flexibility index (Phi) is 6.26. The van der Waals surface area contributed by atoms with Gasteiger partial charge in [-0.2, -0.15) is 5.26 Å². The van der Waals surface area contributed by atoms with Crippen LogP contribution in [0.3, 0.4) is 0 Å². The van der Waals surface area contributed by atoms with Crippen LogP contribution >= 0.6 is 11.9 Å². The van der Waals surface area contributed by atoms with Crippen molar-refractivity contribution in [1.29, 1.82) is 5.26 Å². The molecule has 0 heterocycles. The number of aromatic carboxylic acids is 1. The van der Waals surface area contributed by atoms with E-state index in [0.29, 0.717) is 18.7 Å². The van der Waals surface area contributed by atoms with Crippen molar-refractivity contribution in [2.24, 2.45) is 0 Å².